The van der Waals surface area contributed by atoms with Crippen molar-refractivity contribution in [3.8, 4) is 22.7 Å². The Morgan fingerprint density at radius 1 is 0.919 bits per heavy atom. The predicted octanol–water partition coefficient (Wildman–Crippen LogP) is 4.75. The number of fused-ring (bicyclic) bond motifs is 5. The molecule has 1 N–H and O–H groups in total. The van der Waals surface area contributed by atoms with E-state index in [1.54, 1.807) is 25.2 Å². The minimum Gasteiger partial charge on any atom is -0.494 e. The molecule has 0 aliphatic carbocycles. The largest absolute Gasteiger partial charge is 0.494 e. The van der Waals surface area contributed by atoms with Crippen LogP contribution in [0.25, 0.3) is 27.8 Å². The summed E-state index contributed by atoms with van der Waals surface area (Å²) in [7, 11) is 3.09. The molecule has 6 rings (SSSR count). The summed E-state index contributed by atoms with van der Waals surface area (Å²) in [6.07, 6.45) is 0. The molecule has 1 atom stereocenters. The van der Waals surface area contributed by atoms with Gasteiger partial charge in [0, 0.05) is 19.7 Å². The number of hydrogen-bond donors (Lipinski definition) is 1. The van der Waals surface area contributed by atoms with Gasteiger partial charge in [-0.25, -0.2) is 9.18 Å². The Kier molecular flexibility index (Phi) is 5.26. The van der Waals surface area contributed by atoms with Gasteiger partial charge in [0.25, 0.3) is 5.56 Å². The minimum absolute atomic E-state index is 0.289. The molecule has 1 aliphatic rings. The zero-order valence-electron chi connectivity index (χ0n) is 20.7. The molecule has 0 spiro atoms. The molecule has 0 bridgehead atoms. The number of anilines is 1. The van der Waals surface area contributed by atoms with Crippen molar-refractivity contribution in [1.82, 2.24) is 13.7 Å². The second-order valence-electron chi connectivity index (χ2n) is 9.08. The molecule has 0 radical (unpaired) electrons. The van der Waals surface area contributed by atoms with Gasteiger partial charge < -0.3 is 14.6 Å². The summed E-state index contributed by atoms with van der Waals surface area (Å²) in [5, 5.41) is 3.88. The standard InChI is InChI=1S/C29H25FN4O3/c1-4-37-18-15-13-17(14-16-18)24-27-26-23(28(35)33(3)29(36)32(26)2)25(19-9-5-6-10-20(19)30)34(27)22-12-8-7-11-21(22)31-24/h5-16,24,31H,4H2,1-3H3/t24-/m1/s1. The fourth-order valence-corrected chi connectivity index (χ4v) is 5.30. The summed E-state index contributed by atoms with van der Waals surface area (Å²) in [6, 6.07) is 21.4. The van der Waals surface area contributed by atoms with Crippen LogP contribution in [0.2, 0.25) is 0 Å². The Labute approximate surface area is 212 Å². The Hall–Kier alpha value is -4.59. The summed E-state index contributed by atoms with van der Waals surface area (Å²) in [5.41, 5.74) is 3.45. The third-order valence-corrected chi connectivity index (χ3v) is 6.98. The SMILES string of the molecule is CCOc1ccc([C@H]2Nc3ccccc3-n3c(-c4ccccc4F)c4c(=O)n(C)c(=O)n(C)c4c32)cc1. The van der Waals surface area contributed by atoms with E-state index in [2.05, 4.69) is 5.32 Å². The van der Waals surface area contributed by atoms with Crippen LogP contribution >= 0.6 is 0 Å². The van der Waals surface area contributed by atoms with E-state index in [0.717, 1.165) is 27.3 Å². The second-order valence-corrected chi connectivity index (χ2v) is 9.08. The maximum Gasteiger partial charge on any atom is 0.331 e. The van der Waals surface area contributed by atoms with Gasteiger partial charge in [-0.3, -0.25) is 13.9 Å². The molecule has 186 valence electrons. The first-order valence-corrected chi connectivity index (χ1v) is 12.1. The highest BCUT2D eigenvalue weighted by Crippen LogP contribution is 2.45. The van der Waals surface area contributed by atoms with Gasteiger partial charge in [0.2, 0.25) is 0 Å². The van der Waals surface area contributed by atoms with Gasteiger partial charge in [0.1, 0.15) is 11.6 Å². The van der Waals surface area contributed by atoms with Crippen molar-refractivity contribution >= 4 is 16.6 Å². The van der Waals surface area contributed by atoms with Crippen molar-refractivity contribution in [3.05, 3.63) is 111 Å². The topological polar surface area (TPSA) is 70.2 Å². The van der Waals surface area contributed by atoms with Crippen LogP contribution in [0.5, 0.6) is 5.75 Å². The van der Waals surface area contributed by atoms with Crippen LogP contribution in [0.15, 0.2) is 82.4 Å². The van der Waals surface area contributed by atoms with Crippen LogP contribution in [-0.4, -0.2) is 20.3 Å². The highest BCUT2D eigenvalue weighted by atomic mass is 19.1. The zero-order valence-corrected chi connectivity index (χ0v) is 20.7. The lowest BCUT2D eigenvalue weighted by atomic mass is 9.99. The van der Waals surface area contributed by atoms with Gasteiger partial charge >= 0.3 is 5.69 Å². The van der Waals surface area contributed by atoms with Gasteiger partial charge in [-0.2, -0.15) is 0 Å². The molecule has 0 unspecified atom stereocenters. The average Bonchev–Trinajstić information content (AvgIpc) is 3.27. The lowest BCUT2D eigenvalue weighted by molar-refractivity contribution is 0.340. The Balaban J connectivity index is 1.80. The molecule has 0 amide bonds. The van der Waals surface area contributed by atoms with Crippen LogP contribution in [-0.2, 0) is 14.1 Å². The van der Waals surface area contributed by atoms with E-state index in [9.17, 15) is 9.59 Å². The van der Waals surface area contributed by atoms with E-state index in [4.69, 9.17) is 4.74 Å². The maximum atomic E-state index is 15.4. The third kappa shape index (κ3) is 3.32. The number of aryl methyl sites for hydroxylation is 1. The van der Waals surface area contributed by atoms with Crippen LogP contribution in [0.4, 0.5) is 10.1 Å². The first kappa shape index (κ1) is 22.8. The molecule has 2 aromatic heterocycles. The summed E-state index contributed by atoms with van der Waals surface area (Å²) in [5.74, 6) is 0.297. The lowest BCUT2D eigenvalue weighted by Crippen LogP contribution is -2.37. The number of nitrogens with one attached hydrogen (secondary N) is 1. The smallest absolute Gasteiger partial charge is 0.331 e. The zero-order chi connectivity index (χ0) is 25.8. The van der Waals surface area contributed by atoms with Crippen LogP contribution in [0, 0.1) is 5.82 Å². The molecular formula is C29H25FN4O3. The van der Waals surface area contributed by atoms with E-state index in [0.29, 0.717) is 28.9 Å². The van der Waals surface area contributed by atoms with E-state index in [1.165, 1.54) is 17.7 Å². The summed E-state index contributed by atoms with van der Waals surface area (Å²) >= 11 is 0. The van der Waals surface area contributed by atoms with Crippen LogP contribution < -0.4 is 21.3 Å². The molecule has 0 saturated heterocycles. The number of hydrogen-bond acceptors (Lipinski definition) is 4. The average molecular weight is 497 g/mol. The monoisotopic (exact) mass is 496 g/mol. The molecule has 5 aromatic rings. The molecule has 8 heteroatoms. The van der Waals surface area contributed by atoms with Gasteiger partial charge in [-0.15, -0.1) is 0 Å². The third-order valence-electron chi connectivity index (χ3n) is 6.98. The summed E-state index contributed by atoms with van der Waals surface area (Å²) in [6.45, 7) is 2.48. The first-order valence-electron chi connectivity index (χ1n) is 12.1. The molecule has 1 aliphatic heterocycles. The number of ether oxygens (including phenoxy) is 1. The quantitative estimate of drug-likeness (QED) is 0.390. The Bertz CT molecular complexity index is 1800. The highest BCUT2D eigenvalue weighted by Gasteiger charge is 2.35. The van der Waals surface area contributed by atoms with Crippen molar-refractivity contribution < 1.29 is 9.13 Å². The second kappa shape index (κ2) is 8.51. The number of rotatable bonds is 4. The highest BCUT2D eigenvalue weighted by molar-refractivity contribution is 5.99. The van der Waals surface area contributed by atoms with Gasteiger partial charge in [0.05, 0.1) is 46.3 Å². The first-order chi connectivity index (χ1) is 17.9. The molecule has 37 heavy (non-hydrogen) atoms. The van der Waals surface area contributed by atoms with E-state index in [-0.39, 0.29) is 5.56 Å². The summed E-state index contributed by atoms with van der Waals surface area (Å²) < 4.78 is 25.5. The predicted molar refractivity (Wildman–Crippen MR) is 142 cm³/mol. The molecule has 3 aromatic carbocycles. The van der Waals surface area contributed by atoms with Crippen LogP contribution in [0.3, 0.4) is 0 Å². The molecule has 0 fully saturated rings. The van der Waals surface area contributed by atoms with Gasteiger partial charge in [-0.1, -0.05) is 36.4 Å². The summed E-state index contributed by atoms with van der Waals surface area (Å²) in [4.78, 5) is 26.8. The maximum absolute atomic E-state index is 15.4. The van der Waals surface area contributed by atoms with E-state index < -0.39 is 23.1 Å². The number of benzene rings is 3. The van der Waals surface area contributed by atoms with Crippen molar-refractivity contribution in [2.24, 2.45) is 14.1 Å². The number of halogens is 1. The number of nitrogens with zero attached hydrogens (tertiary/aromatic N) is 3. The fourth-order valence-electron chi connectivity index (χ4n) is 5.30. The van der Waals surface area contributed by atoms with E-state index in [1.807, 2.05) is 60.0 Å². The van der Waals surface area contributed by atoms with E-state index >= 15 is 4.39 Å². The Morgan fingerprint density at radius 3 is 2.35 bits per heavy atom. The van der Waals surface area contributed by atoms with Crippen molar-refractivity contribution in [1.29, 1.82) is 0 Å². The lowest BCUT2D eigenvalue weighted by Gasteiger charge is -2.31. The molecule has 7 nitrogen and oxygen atoms in total. The number of aromatic nitrogens is 3. The van der Waals surface area contributed by atoms with Crippen molar-refractivity contribution in [3.63, 3.8) is 0 Å². The van der Waals surface area contributed by atoms with Crippen molar-refractivity contribution in [2.45, 2.75) is 13.0 Å². The minimum atomic E-state index is -0.471. The molecule has 3 heterocycles. The normalized spacial score (nSPS) is 14.2. The number of para-hydroxylation sites is 2. The van der Waals surface area contributed by atoms with Gasteiger partial charge in [-0.05, 0) is 48.9 Å². The molecule has 0 saturated carbocycles. The van der Waals surface area contributed by atoms with Crippen LogP contribution in [0.1, 0.15) is 24.2 Å². The van der Waals surface area contributed by atoms with Gasteiger partial charge in [0.15, 0.2) is 0 Å². The fraction of sp³-hybridized carbons (Fsp3) is 0.172. The Morgan fingerprint density at radius 2 is 1.62 bits per heavy atom. The molecular weight excluding hydrogens is 471 g/mol. The van der Waals surface area contributed by atoms with Crippen molar-refractivity contribution in [2.75, 3.05) is 11.9 Å².